The molecule has 0 saturated carbocycles. The van der Waals surface area contributed by atoms with Crippen LogP contribution in [0.4, 0.5) is 0 Å². The lowest BCUT2D eigenvalue weighted by Crippen LogP contribution is -2.33. The minimum Gasteiger partial charge on any atom is -0.479 e. The van der Waals surface area contributed by atoms with Crippen LogP contribution in [-0.2, 0) is 13.8 Å². The van der Waals surface area contributed by atoms with E-state index < -0.39 is 15.2 Å². The number of halogens is 3. The van der Waals surface area contributed by atoms with Gasteiger partial charge in [-0.05, 0) is 13.0 Å². The number of hydrogen-bond donors (Lipinski definition) is 1. The number of carbonyl (C=O) groups excluding carboxylic acids is 1. The summed E-state index contributed by atoms with van der Waals surface area (Å²) in [5.41, 5.74) is 0. The second-order valence-corrected chi connectivity index (χ2v) is 6.87. The van der Waals surface area contributed by atoms with Crippen molar-refractivity contribution in [3.8, 4) is 5.75 Å². The SMILES string of the molecule is CNC(=O)C(C)Oc1cc(Cl)c(S(=O)(=O)Cl)cc1Cl. The van der Waals surface area contributed by atoms with Gasteiger partial charge in [-0.1, -0.05) is 23.2 Å². The lowest BCUT2D eigenvalue weighted by molar-refractivity contribution is -0.126. The van der Waals surface area contributed by atoms with Crippen molar-refractivity contribution in [2.75, 3.05) is 7.05 Å². The Hall–Kier alpha value is -0.690. The number of hydrogen-bond acceptors (Lipinski definition) is 4. The van der Waals surface area contributed by atoms with Gasteiger partial charge in [-0.2, -0.15) is 0 Å². The molecule has 0 aliphatic carbocycles. The third-order valence-electron chi connectivity index (χ3n) is 2.17. The van der Waals surface area contributed by atoms with Crippen LogP contribution in [0.15, 0.2) is 17.0 Å². The van der Waals surface area contributed by atoms with E-state index in [1.54, 1.807) is 0 Å². The molecule has 1 unspecified atom stereocenters. The third kappa shape index (κ3) is 4.14. The van der Waals surface area contributed by atoms with E-state index in [0.717, 1.165) is 6.07 Å². The van der Waals surface area contributed by atoms with Gasteiger partial charge in [0.2, 0.25) is 0 Å². The Morgan fingerprint density at radius 1 is 1.32 bits per heavy atom. The van der Waals surface area contributed by atoms with Gasteiger partial charge in [-0.15, -0.1) is 0 Å². The molecule has 1 aromatic carbocycles. The Kier molecular flexibility index (Phi) is 5.32. The number of rotatable bonds is 4. The van der Waals surface area contributed by atoms with Gasteiger partial charge in [-0.3, -0.25) is 4.79 Å². The fraction of sp³-hybridized carbons (Fsp3) is 0.300. The number of amides is 1. The van der Waals surface area contributed by atoms with Crippen molar-refractivity contribution in [1.29, 1.82) is 0 Å². The van der Waals surface area contributed by atoms with E-state index >= 15 is 0 Å². The first kappa shape index (κ1) is 16.4. The highest BCUT2D eigenvalue weighted by atomic mass is 35.7. The summed E-state index contributed by atoms with van der Waals surface area (Å²) >= 11 is 11.6. The lowest BCUT2D eigenvalue weighted by Gasteiger charge is -2.15. The van der Waals surface area contributed by atoms with Crippen LogP contribution in [0.5, 0.6) is 5.75 Å². The van der Waals surface area contributed by atoms with Gasteiger partial charge in [0.05, 0.1) is 10.0 Å². The Labute approximate surface area is 125 Å². The molecular weight excluding hydrogens is 337 g/mol. The summed E-state index contributed by atoms with van der Waals surface area (Å²) in [4.78, 5) is 11.0. The highest BCUT2D eigenvalue weighted by Gasteiger charge is 2.20. The maximum atomic E-state index is 11.3. The van der Waals surface area contributed by atoms with Gasteiger partial charge in [0.25, 0.3) is 15.0 Å². The second-order valence-electron chi connectivity index (χ2n) is 3.53. The molecule has 1 rings (SSSR count). The average molecular weight is 347 g/mol. The standard InChI is InChI=1S/C10H10Cl3NO4S/c1-5(10(15)14-2)18-8-3-7(12)9(4-6(8)11)19(13,16)17/h3-5H,1-2H3,(H,14,15). The van der Waals surface area contributed by atoms with Crippen molar-refractivity contribution >= 4 is 48.8 Å². The first-order chi connectivity index (χ1) is 8.66. The van der Waals surface area contributed by atoms with E-state index in [1.165, 1.54) is 20.0 Å². The van der Waals surface area contributed by atoms with Crippen molar-refractivity contribution in [3.63, 3.8) is 0 Å². The zero-order valence-corrected chi connectivity index (χ0v) is 13.0. The smallest absolute Gasteiger partial charge is 0.262 e. The normalized spacial score (nSPS) is 12.9. The first-order valence-electron chi connectivity index (χ1n) is 4.98. The van der Waals surface area contributed by atoms with Crippen LogP contribution in [0.25, 0.3) is 0 Å². The van der Waals surface area contributed by atoms with Gasteiger partial charge in [0, 0.05) is 23.8 Å². The van der Waals surface area contributed by atoms with E-state index in [-0.39, 0.29) is 26.6 Å². The Morgan fingerprint density at radius 2 is 1.89 bits per heavy atom. The quantitative estimate of drug-likeness (QED) is 0.850. The van der Waals surface area contributed by atoms with Crippen LogP contribution >= 0.6 is 33.9 Å². The molecule has 0 saturated heterocycles. The number of carbonyl (C=O) groups is 1. The van der Waals surface area contributed by atoms with Gasteiger partial charge in [0.15, 0.2) is 6.10 Å². The molecule has 0 heterocycles. The maximum absolute atomic E-state index is 11.3. The van der Waals surface area contributed by atoms with Crippen LogP contribution in [0, 0.1) is 0 Å². The molecule has 9 heteroatoms. The highest BCUT2D eigenvalue weighted by molar-refractivity contribution is 8.13. The Morgan fingerprint density at radius 3 is 2.37 bits per heavy atom. The molecular formula is C10H10Cl3NO4S. The van der Waals surface area contributed by atoms with E-state index in [0.29, 0.717) is 0 Å². The van der Waals surface area contributed by atoms with E-state index in [4.69, 9.17) is 38.6 Å². The van der Waals surface area contributed by atoms with Gasteiger partial charge in [0.1, 0.15) is 10.6 Å². The largest absolute Gasteiger partial charge is 0.479 e. The topological polar surface area (TPSA) is 72.5 Å². The zero-order valence-electron chi connectivity index (χ0n) is 9.91. The fourth-order valence-electron chi connectivity index (χ4n) is 1.23. The lowest BCUT2D eigenvalue weighted by atomic mass is 10.3. The molecule has 1 atom stereocenters. The summed E-state index contributed by atoms with van der Waals surface area (Å²) in [6, 6.07) is 2.26. The summed E-state index contributed by atoms with van der Waals surface area (Å²) in [7, 11) is 2.65. The Bertz CT molecular complexity index is 603. The fourth-order valence-corrected chi connectivity index (χ4v) is 3.02. The van der Waals surface area contributed by atoms with Crippen LogP contribution in [0.2, 0.25) is 10.0 Å². The van der Waals surface area contributed by atoms with Gasteiger partial charge in [-0.25, -0.2) is 8.42 Å². The Balaban J connectivity index is 3.13. The van der Waals surface area contributed by atoms with Crippen molar-refractivity contribution in [3.05, 3.63) is 22.2 Å². The predicted octanol–water partition coefficient (Wildman–Crippen LogP) is 2.43. The minimum absolute atomic E-state index is 0.0145. The summed E-state index contributed by atoms with van der Waals surface area (Å²) in [6.45, 7) is 1.51. The van der Waals surface area contributed by atoms with Crippen LogP contribution in [-0.4, -0.2) is 27.5 Å². The van der Waals surface area contributed by atoms with Gasteiger partial charge < -0.3 is 10.1 Å². The highest BCUT2D eigenvalue weighted by Crippen LogP contribution is 2.35. The van der Waals surface area contributed by atoms with Gasteiger partial charge >= 0.3 is 0 Å². The van der Waals surface area contributed by atoms with E-state index in [1.807, 2.05) is 0 Å². The summed E-state index contributed by atoms with van der Waals surface area (Å²) in [5, 5.41) is 2.24. The van der Waals surface area contributed by atoms with Crippen molar-refractivity contribution in [2.45, 2.75) is 17.9 Å². The van der Waals surface area contributed by atoms with E-state index in [2.05, 4.69) is 5.32 Å². The molecule has 0 radical (unpaired) electrons. The molecule has 0 aliphatic heterocycles. The van der Waals surface area contributed by atoms with Crippen LogP contribution < -0.4 is 10.1 Å². The minimum atomic E-state index is -4.00. The monoisotopic (exact) mass is 345 g/mol. The summed E-state index contributed by atoms with van der Waals surface area (Å²) in [6.07, 6.45) is -0.808. The van der Waals surface area contributed by atoms with Crippen LogP contribution in [0.3, 0.4) is 0 Å². The van der Waals surface area contributed by atoms with Crippen molar-refractivity contribution in [2.24, 2.45) is 0 Å². The molecule has 0 aliphatic rings. The zero-order chi connectivity index (χ0) is 14.8. The molecule has 1 amide bonds. The molecule has 106 valence electrons. The van der Waals surface area contributed by atoms with Crippen LogP contribution in [0.1, 0.15) is 6.92 Å². The number of nitrogens with one attached hydrogen (secondary N) is 1. The maximum Gasteiger partial charge on any atom is 0.262 e. The number of benzene rings is 1. The second kappa shape index (κ2) is 6.17. The third-order valence-corrected chi connectivity index (χ3v) is 4.25. The molecule has 19 heavy (non-hydrogen) atoms. The predicted molar refractivity (Wildman–Crippen MR) is 73.7 cm³/mol. The molecule has 5 nitrogen and oxygen atoms in total. The van der Waals surface area contributed by atoms with E-state index in [9.17, 15) is 13.2 Å². The molecule has 1 N–H and O–H groups in total. The summed E-state index contributed by atoms with van der Waals surface area (Å²) < 4.78 is 27.7. The van der Waals surface area contributed by atoms with Crippen molar-refractivity contribution in [1.82, 2.24) is 5.32 Å². The molecule has 0 spiro atoms. The molecule has 1 aromatic rings. The summed E-state index contributed by atoms with van der Waals surface area (Å²) in [5.74, 6) is -0.270. The number of likely N-dealkylation sites (N-methyl/N-ethyl adjacent to an activating group) is 1. The molecule has 0 bridgehead atoms. The first-order valence-corrected chi connectivity index (χ1v) is 8.05. The van der Waals surface area contributed by atoms with Crippen molar-refractivity contribution < 1.29 is 17.9 Å². The molecule has 0 fully saturated rings. The molecule has 0 aromatic heterocycles. The average Bonchev–Trinajstić information content (AvgIpc) is 2.30. The number of ether oxygens (including phenoxy) is 1.